The van der Waals surface area contributed by atoms with Crippen LogP contribution in [0.25, 0.3) is 33.1 Å². The summed E-state index contributed by atoms with van der Waals surface area (Å²) >= 11 is 6.64. The molecule has 0 unspecified atom stereocenters. The minimum atomic E-state index is 0.318. The molecule has 0 atom stereocenters. The molecule has 5 nitrogen and oxygen atoms in total. The van der Waals surface area contributed by atoms with Crippen LogP contribution in [0.4, 0.5) is 11.5 Å². The van der Waals surface area contributed by atoms with E-state index in [0.29, 0.717) is 22.9 Å². The lowest BCUT2D eigenvalue weighted by molar-refractivity contribution is 0.411. The number of nitrogens with two attached hydrogens (primary N) is 2. The van der Waals surface area contributed by atoms with Gasteiger partial charge in [0.1, 0.15) is 17.2 Å². The Morgan fingerprint density at radius 2 is 1.86 bits per heavy atom. The fraction of sp³-hybridized carbons (Fsp3) is 0.261. The number of rotatable bonds is 3. The summed E-state index contributed by atoms with van der Waals surface area (Å²) in [6.45, 7) is 0. The number of nitrogens with zero attached hydrogens (tertiary/aromatic N) is 1. The predicted octanol–water partition coefficient (Wildman–Crippen LogP) is 5.57. The first kappa shape index (κ1) is 18.3. The predicted molar refractivity (Wildman–Crippen MR) is 120 cm³/mol. The summed E-state index contributed by atoms with van der Waals surface area (Å²) in [5.74, 6) is 1.17. The SMILES string of the molecule is Nc1ncc(-c2cc3ccccc3o2)c2cc(NC3CCC(N)CC3)cc(Cl)c12. The van der Waals surface area contributed by atoms with Gasteiger partial charge in [0, 0.05) is 45.7 Å². The van der Waals surface area contributed by atoms with Gasteiger partial charge < -0.3 is 21.2 Å². The van der Waals surface area contributed by atoms with Gasteiger partial charge in [-0.2, -0.15) is 0 Å². The molecule has 0 saturated heterocycles. The van der Waals surface area contributed by atoms with E-state index in [0.717, 1.165) is 64.4 Å². The molecular formula is C23H23ClN4O. The Bertz CT molecular complexity index is 1160. The van der Waals surface area contributed by atoms with Crippen LogP contribution in [0.2, 0.25) is 5.02 Å². The molecule has 0 amide bonds. The Kier molecular flexibility index (Phi) is 4.57. The zero-order valence-corrected chi connectivity index (χ0v) is 16.7. The standard InChI is InChI=1S/C23H23ClN4O/c24-19-11-16(28-15-7-5-14(25)6-8-15)10-17-18(12-27-23(26)22(17)19)21-9-13-3-1-2-4-20(13)29-21/h1-4,9-12,14-15,28H,5-8,25H2,(H2,26,27). The number of fused-ring (bicyclic) bond motifs is 2. The van der Waals surface area contributed by atoms with Crippen LogP contribution in [0.15, 0.2) is 53.1 Å². The molecule has 29 heavy (non-hydrogen) atoms. The van der Waals surface area contributed by atoms with Gasteiger partial charge in [-0.05, 0) is 49.9 Å². The number of hydrogen-bond donors (Lipinski definition) is 3. The van der Waals surface area contributed by atoms with E-state index in [1.54, 1.807) is 6.20 Å². The molecule has 148 valence electrons. The van der Waals surface area contributed by atoms with Gasteiger partial charge in [-0.25, -0.2) is 4.98 Å². The van der Waals surface area contributed by atoms with Crippen molar-refractivity contribution in [2.24, 2.45) is 5.73 Å². The highest BCUT2D eigenvalue weighted by molar-refractivity contribution is 6.37. The Morgan fingerprint density at radius 1 is 1.07 bits per heavy atom. The minimum Gasteiger partial charge on any atom is -0.456 e. The second kappa shape index (κ2) is 7.25. The molecule has 1 saturated carbocycles. The third-order valence-corrected chi connectivity index (χ3v) is 6.10. The lowest BCUT2D eigenvalue weighted by Gasteiger charge is -2.28. The molecule has 2 heterocycles. The zero-order chi connectivity index (χ0) is 20.0. The van der Waals surface area contributed by atoms with Gasteiger partial charge >= 0.3 is 0 Å². The summed E-state index contributed by atoms with van der Waals surface area (Å²) in [6.07, 6.45) is 5.97. The number of para-hydroxylation sites is 1. The second-order valence-corrected chi connectivity index (χ2v) is 8.25. The van der Waals surface area contributed by atoms with Crippen LogP contribution in [0, 0.1) is 0 Å². The number of furan rings is 1. The van der Waals surface area contributed by atoms with Crippen molar-refractivity contribution in [1.29, 1.82) is 0 Å². The molecule has 0 spiro atoms. The van der Waals surface area contributed by atoms with E-state index in [9.17, 15) is 0 Å². The highest BCUT2D eigenvalue weighted by Gasteiger charge is 2.20. The van der Waals surface area contributed by atoms with Crippen LogP contribution in [-0.2, 0) is 0 Å². The number of nitrogens with one attached hydrogen (secondary N) is 1. The van der Waals surface area contributed by atoms with Crippen molar-refractivity contribution < 1.29 is 4.42 Å². The molecule has 4 aromatic rings. The highest BCUT2D eigenvalue weighted by atomic mass is 35.5. The molecule has 1 aliphatic rings. The summed E-state index contributed by atoms with van der Waals surface area (Å²) in [5, 5.41) is 6.94. The van der Waals surface area contributed by atoms with Crippen molar-refractivity contribution in [3.63, 3.8) is 0 Å². The Morgan fingerprint density at radius 3 is 2.66 bits per heavy atom. The van der Waals surface area contributed by atoms with Crippen molar-refractivity contribution in [3.8, 4) is 11.3 Å². The fourth-order valence-electron chi connectivity index (χ4n) is 4.24. The molecule has 5 rings (SSSR count). The number of benzene rings is 2. The van der Waals surface area contributed by atoms with Crippen LogP contribution in [0.1, 0.15) is 25.7 Å². The third kappa shape index (κ3) is 3.41. The first-order valence-corrected chi connectivity index (χ1v) is 10.3. The van der Waals surface area contributed by atoms with Crippen molar-refractivity contribution >= 4 is 44.8 Å². The highest BCUT2D eigenvalue weighted by Crippen LogP contribution is 2.39. The average Bonchev–Trinajstić information content (AvgIpc) is 3.13. The van der Waals surface area contributed by atoms with Gasteiger partial charge in [0.15, 0.2) is 0 Å². The van der Waals surface area contributed by atoms with Gasteiger partial charge in [0.2, 0.25) is 0 Å². The lowest BCUT2D eigenvalue weighted by Crippen LogP contribution is -2.32. The van der Waals surface area contributed by atoms with Gasteiger partial charge in [0.25, 0.3) is 0 Å². The summed E-state index contributed by atoms with van der Waals surface area (Å²) < 4.78 is 6.09. The second-order valence-electron chi connectivity index (χ2n) is 7.84. The van der Waals surface area contributed by atoms with E-state index in [4.69, 9.17) is 27.5 Å². The largest absolute Gasteiger partial charge is 0.456 e. The number of aromatic nitrogens is 1. The number of hydrogen-bond acceptors (Lipinski definition) is 5. The number of halogens is 1. The van der Waals surface area contributed by atoms with E-state index in [-0.39, 0.29) is 0 Å². The van der Waals surface area contributed by atoms with Crippen LogP contribution in [-0.4, -0.2) is 17.1 Å². The van der Waals surface area contributed by atoms with Crippen molar-refractivity contribution in [2.75, 3.05) is 11.1 Å². The summed E-state index contributed by atoms with van der Waals surface area (Å²) in [6, 6.07) is 14.7. The summed E-state index contributed by atoms with van der Waals surface area (Å²) in [5.41, 5.74) is 14.9. The van der Waals surface area contributed by atoms with Crippen LogP contribution < -0.4 is 16.8 Å². The van der Waals surface area contributed by atoms with E-state index in [1.807, 2.05) is 36.4 Å². The first-order chi connectivity index (χ1) is 14.1. The Labute approximate surface area is 174 Å². The quantitative estimate of drug-likeness (QED) is 0.414. The number of anilines is 2. The van der Waals surface area contributed by atoms with Crippen LogP contribution in [0.5, 0.6) is 0 Å². The van der Waals surface area contributed by atoms with Crippen molar-refractivity contribution in [3.05, 3.63) is 53.7 Å². The van der Waals surface area contributed by atoms with Crippen LogP contribution >= 0.6 is 11.6 Å². The van der Waals surface area contributed by atoms with Gasteiger partial charge in [-0.3, -0.25) is 0 Å². The number of nitrogen functional groups attached to an aromatic ring is 1. The maximum atomic E-state index is 6.64. The normalized spacial score (nSPS) is 19.7. The topological polar surface area (TPSA) is 90.1 Å². The Balaban J connectivity index is 1.60. The molecule has 0 aliphatic heterocycles. The Hall–Kier alpha value is -2.76. The van der Waals surface area contributed by atoms with Gasteiger partial charge in [-0.15, -0.1) is 0 Å². The van der Waals surface area contributed by atoms with Crippen LogP contribution in [0.3, 0.4) is 0 Å². The first-order valence-electron chi connectivity index (χ1n) is 9.97. The molecule has 6 heteroatoms. The molecule has 2 aromatic carbocycles. The fourth-order valence-corrected chi connectivity index (χ4v) is 4.56. The summed E-state index contributed by atoms with van der Waals surface area (Å²) in [7, 11) is 0. The maximum absolute atomic E-state index is 6.64. The molecule has 2 aromatic heterocycles. The lowest BCUT2D eigenvalue weighted by atomic mass is 9.91. The molecule has 1 fully saturated rings. The number of pyridine rings is 1. The molecule has 5 N–H and O–H groups in total. The minimum absolute atomic E-state index is 0.318. The molecular weight excluding hydrogens is 384 g/mol. The van der Waals surface area contributed by atoms with Crippen molar-refractivity contribution in [2.45, 2.75) is 37.8 Å². The van der Waals surface area contributed by atoms with Crippen molar-refractivity contribution in [1.82, 2.24) is 4.98 Å². The molecule has 1 aliphatic carbocycles. The van der Waals surface area contributed by atoms with Gasteiger partial charge in [-0.1, -0.05) is 29.8 Å². The van der Waals surface area contributed by atoms with Gasteiger partial charge in [0.05, 0.1) is 5.02 Å². The third-order valence-electron chi connectivity index (χ3n) is 5.80. The van der Waals surface area contributed by atoms with E-state index in [2.05, 4.69) is 16.4 Å². The van der Waals surface area contributed by atoms with E-state index in [1.165, 1.54) is 0 Å². The monoisotopic (exact) mass is 406 g/mol. The van der Waals surface area contributed by atoms with E-state index >= 15 is 0 Å². The smallest absolute Gasteiger partial charge is 0.137 e. The molecule has 0 radical (unpaired) electrons. The molecule has 0 bridgehead atoms. The average molecular weight is 407 g/mol. The summed E-state index contributed by atoms with van der Waals surface area (Å²) in [4.78, 5) is 4.37. The van der Waals surface area contributed by atoms with E-state index < -0.39 is 0 Å². The maximum Gasteiger partial charge on any atom is 0.137 e. The zero-order valence-electron chi connectivity index (χ0n) is 16.0.